The van der Waals surface area contributed by atoms with E-state index >= 15 is 0 Å². The molecule has 8 heteroatoms. The average Bonchev–Trinajstić information content (AvgIpc) is 2.96. The summed E-state index contributed by atoms with van der Waals surface area (Å²) in [6.45, 7) is 4.30. The van der Waals surface area contributed by atoms with E-state index < -0.39 is 11.7 Å². The monoisotopic (exact) mass is 311 g/mol. The number of benzene rings is 1. The summed E-state index contributed by atoms with van der Waals surface area (Å²) in [6, 6.07) is 5.05. The Morgan fingerprint density at radius 1 is 1.18 bits per heavy atom. The van der Waals surface area contributed by atoms with E-state index in [0.29, 0.717) is 17.9 Å². The number of aromatic nitrogens is 3. The Bertz CT molecular complexity index is 631. The van der Waals surface area contributed by atoms with Crippen molar-refractivity contribution in [3.05, 3.63) is 35.7 Å². The van der Waals surface area contributed by atoms with Crippen molar-refractivity contribution < 1.29 is 13.2 Å². The molecule has 2 N–H and O–H groups in total. The lowest BCUT2D eigenvalue weighted by atomic mass is 10.1. The second kappa shape index (κ2) is 6.05. The minimum absolute atomic E-state index is 0.288. The number of halogens is 3. The number of alkyl halides is 3. The Morgan fingerprint density at radius 2 is 1.95 bits per heavy atom. The summed E-state index contributed by atoms with van der Waals surface area (Å²) < 4.78 is 38.2. The maximum atomic E-state index is 12.7. The van der Waals surface area contributed by atoms with Gasteiger partial charge in [0.15, 0.2) is 5.82 Å². The summed E-state index contributed by atoms with van der Waals surface area (Å²) in [5, 5.41) is 10.1. The molecule has 1 aromatic carbocycles. The predicted octanol–water partition coefficient (Wildman–Crippen LogP) is 1.90. The van der Waals surface area contributed by atoms with E-state index in [1.807, 2.05) is 0 Å². The fourth-order valence-corrected chi connectivity index (χ4v) is 2.41. The van der Waals surface area contributed by atoms with Crippen molar-refractivity contribution in [2.45, 2.75) is 12.7 Å². The Hall–Kier alpha value is -1.93. The van der Waals surface area contributed by atoms with E-state index in [1.54, 1.807) is 6.07 Å². The van der Waals surface area contributed by atoms with Gasteiger partial charge in [0, 0.05) is 31.7 Å². The second-order valence-corrected chi connectivity index (χ2v) is 5.21. The van der Waals surface area contributed by atoms with Crippen molar-refractivity contribution in [2.24, 2.45) is 0 Å². The van der Waals surface area contributed by atoms with Gasteiger partial charge >= 0.3 is 6.18 Å². The van der Waals surface area contributed by atoms with Crippen LogP contribution in [-0.4, -0.2) is 46.3 Å². The lowest BCUT2D eigenvalue weighted by molar-refractivity contribution is -0.137. The van der Waals surface area contributed by atoms with Crippen LogP contribution in [0.15, 0.2) is 24.3 Å². The van der Waals surface area contributed by atoms with Crippen LogP contribution in [0.5, 0.6) is 0 Å². The molecule has 118 valence electrons. The quantitative estimate of drug-likeness (QED) is 0.909. The summed E-state index contributed by atoms with van der Waals surface area (Å²) in [6.07, 6.45) is -4.37. The van der Waals surface area contributed by atoms with Crippen molar-refractivity contribution in [1.29, 1.82) is 0 Å². The van der Waals surface area contributed by atoms with E-state index in [0.717, 1.165) is 38.3 Å². The normalized spacial score (nSPS) is 16.9. The first-order valence-electron chi connectivity index (χ1n) is 7.04. The lowest BCUT2D eigenvalue weighted by Gasteiger charge is -2.25. The van der Waals surface area contributed by atoms with Crippen LogP contribution < -0.4 is 5.32 Å². The van der Waals surface area contributed by atoms with Crippen LogP contribution in [0.3, 0.4) is 0 Å². The molecule has 0 bridgehead atoms. The van der Waals surface area contributed by atoms with Crippen molar-refractivity contribution in [2.75, 3.05) is 26.2 Å². The minimum atomic E-state index is -4.37. The average molecular weight is 311 g/mol. The molecule has 22 heavy (non-hydrogen) atoms. The van der Waals surface area contributed by atoms with Gasteiger partial charge in [0.05, 0.1) is 12.1 Å². The molecule has 1 aliphatic rings. The van der Waals surface area contributed by atoms with E-state index in [1.165, 1.54) is 6.07 Å². The summed E-state index contributed by atoms with van der Waals surface area (Å²) >= 11 is 0. The third-order valence-corrected chi connectivity index (χ3v) is 3.56. The summed E-state index contributed by atoms with van der Waals surface area (Å²) in [5.41, 5.74) is -0.337. The molecule has 0 atom stereocenters. The third-order valence-electron chi connectivity index (χ3n) is 3.56. The molecule has 3 rings (SSSR count). The van der Waals surface area contributed by atoms with Crippen LogP contribution in [0.2, 0.25) is 0 Å². The number of H-pyrrole nitrogens is 1. The number of rotatable bonds is 3. The van der Waals surface area contributed by atoms with Crippen molar-refractivity contribution in [3.63, 3.8) is 0 Å². The first kappa shape index (κ1) is 15.0. The molecule has 1 saturated heterocycles. The zero-order chi connectivity index (χ0) is 15.6. The maximum absolute atomic E-state index is 12.7. The van der Waals surface area contributed by atoms with E-state index in [2.05, 4.69) is 25.4 Å². The summed E-state index contributed by atoms with van der Waals surface area (Å²) in [5.74, 6) is 0.950. The lowest BCUT2D eigenvalue weighted by Crippen LogP contribution is -2.43. The minimum Gasteiger partial charge on any atom is -0.314 e. The standard InChI is InChI=1S/C14H16F3N5/c15-14(16,17)11-3-1-2-10(8-11)13-19-12(20-21-13)9-22-6-4-18-5-7-22/h1-3,8,18H,4-7,9H2,(H,19,20,21). The zero-order valence-electron chi connectivity index (χ0n) is 11.8. The topological polar surface area (TPSA) is 56.8 Å². The van der Waals surface area contributed by atoms with Crippen LogP contribution in [0, 0.1) is 0 Å². The molecule has 1 aliphatic heterocycles. The van der Waals surface area contributed by atoms with Gasteiger partial charge in [-0.15, -0.1) is 0 Å². The maximum Gasteiger partial charge on any atom is 0.416 e. The number of nitrogens with one attached hydrogen (secondary N) is 2. The fourth-order valence-electron chi connectivity index (χ4n) is 2.41. The molecule has 2 heterocycles. The Labute approximate surface area is 125 Å². The van der Waals surface area contributed by atoms with Gasteiger partial charge in [-0.05, 0) is 12.1 Å². The van der Waals surface area contributed by atoms with E-state index in [9.17, 15) is 13.2 Å². The Balaban J connectivity index is 1.75. The van der Waals surface area contributed by atoms with Crippen molar-refractivity contribution in [1.82, 2.24) is 25.4 Å². The van der Waals surface area contributed by atoms with Gasteiger partial charge in [-0.1, -0.05) is 12.1 Å². The highest BCUT2D eigenvalue weighted by molar-refractivity contribution is 5.56. The van der Waals surface area contributed by atoms with E-state index in [-0.39, 0.29) is 5.82 Å². The van der Waals surface area contributed by atoms with Gasteiger partial charge in [-0.3, -0.25) is 10.00 Å². The molecule has 5 nitrogen and oxygen atoms in total. The predicted molar refractivity (Wildman–Crippen MR) is 75.0 cm³/mol. The zero-order valence-corrected chi connectivity index (χ0v) is 11.8. The molecular weight excluding hydrogens is 295 g/mol. The summed E-state index contributed by atoms with van der Waals surface area (Å²) in [7, 11) is 0. The van der Waals surface area contributed by atoms with E-state index in [4.69, 9.17) is 0 Å². The second-order valence-electron chi connectivity index (χ2n) is 5.21. The highest BCUT2D eigenvalue weighted by atomic mass is 19.4. The largest absolute Gasteiger partial charge is 0.416 e. The number of piperazine rings is 1. The van der Waals surface area contributed by atoms with Gasteiger partial charge in [0.2, 0.25) is 0 Å². The fraction of sp³-hybridized carbons (Fsp3) is 0.429. The molecule has 1 aromatic heterocycles. The molecule has 0 aliphatic carbocycles. The Morgan fingerprint density at radius 3 is 2.68 bits per heavy atom. The van der Waals surface area contributed by atoms with Crippen molar-refractivity contribution in [3.8, 4) is 11.4 Å². The number of aromatic amines is 1. The third kappa shape index (κ3) is 3.45. The molecule has 0 radical (unpaired) electrons. The summed E-state index contributed by atoms with van der Waals surface area (Å²) in [4.78, 5) is 6.52. The van der Waals surface area contributed by atoms with Crippen LogP contribution in [-0.2, 0) is 12.7 Å². The molecule has 1 fully saturated rings. The van der Waals surface area contributed by atoms with Crippen LogP contribution >= 0.6 is 0 Å². The number of nitrogens with zero attached hydrogens (tertiary/aromatic N) is 3. The first-order chi connectivity index (χ1) is 10.5. The number of hydrogen-bond donors (Lipinski definition) is 2. The molecule has 0 saturated carbocycles. The van der Waals surface area contributed by atoms with Crippen LogP contribution in [0.25, 0.3) is 11.4 Å². The Kier molecular flexibility index (Phi) is 4.12. The van der Waals surface area contributed by atoms with Gasteiger partial charge in [0.1, 0.15) is 5.82 Å². The smallest absolute Gasteiger partial charge is 0.314 e. The van der Waals surface area contributed by atoms with Crippen LogP contribution in [0.1, 0.15) is 11.4 Å². The SMILES string of the molecule is FC(F)(F)c1cccc(-c2n[nH]c(CN3CCNCC3)n2)c1. The molecule has 0 amide bonds. The number of hydrogen-bond acceptors (Lipinski definition) is 4. The van der Waals surface area contributed by atoms with Gasteiger partial charge < -0.3 is 5.32 Å². The van der Waals surface area contributed by atoms with Gasteiger partial charge in [-0.25, -0.2) is 4.98 Å². The molecule has 2 aromatic rings. The molecule has 0 unspecified atom stereocenters. The molecule has 0 spiro atoms. The molecular formula is C14H16F3N5. The van der Waals surface area contributed by atoms with Gasteiger partial charge in [0.25, 0.3) is 0 Å². The first-order valence-corrected chi connectivity index (χ1v) is 7.04. The van der Waals surface area contributed by atoms with Crippen LogP contribution in [0.4, 0.5) is 13.2 Å². The van der Waals surface area contributed by atoms with Crippen molar-refractivity contribution >= 4 is 0 Å². The highest BCUT2D eigenvalue weighted by Crippen LogP contribution is 2.31. The van der Waals surface area contributed by atoms with Gasteiger partial charge in [-0.2, -0.15) is 18.3 Å². The highest BCUT2D eigenvalue weighted by Gasteiger charge is 2.30.